The van der Waals surface area contributed by atoms with Crippen molar-refractivity contribution in [2.24, 2.45) is 0 Å². The van der Waals surface area contributed by atoms with Gasteiger partial charge in [-0.25, -0.2) is 4.79 Å². The Balaban J connectivity index is 1.64. The van der Waals surface area contributed by atoms with Crippen LogP contribution in [-0.4, -0.2) is 60.0 Å². The van der Waals surface area contributed by atoms with Gasteiger partial charge >= 0.3 is 5.69 Å². The van der Waals surface area contributed by atoms with Crippen molar-refractivity contribution < 1.29 is 23.5 Å². The molecular formula is C27H40N4O6Si. The molecule has 0 saturated carbocycles. The molecule has 3 heterocycles. The molecule has 1 N–H and O–H groups in total. The highest BCUT2D eigenvalue weighted by Crippen LogP contribution is 2.41. The lowest BCUT2D eigenvalue weighted by Crippen LogP contribution is -2.57. The summed E-state index contributed by atoms with van der Waals surface area (Å²) in [4.78, 5) is 34.7. The Morgan fingerprint density at radius 2 is 1.92 bits per heavy atom. The van der Waals surface area contributed by atoms with Gasteiger partial charge in [0.05, 0.1) is 18.8 Å². The number of hydrogen-bond donors (Lipinski definition) is 1. The molecule has 0 aliphatic carbocycles. The Kier molecular flexibility index (Phi) is 8.55. The number of rotatable bonds is 7. The average Bonchev–Trinajstić information content (AvgIpc) is 3.22. The number of hydroxylamine groups is 2. The third-order valence-electron chi connectivity index (χ3n) is 7.54. The number of ether oxygens (including phenoxy) is 2. The molecule has 0 unspecified atom stereocenters. The molecule has 0 bridgehead atoms. The van der Waals surface area contributed by atoms with E-state index in [0.29, 0.717) is 19.6 Å². The van der Waals surface area contributed by atoms with Crippen molar-refractivity contribution in [2.75, 3.05) is 11.9 Å². The first-order chi connectivity index (χ1) is 17.8. The van der Waals surface area contributed by atoms with E-state index in [1.54, 1.807) is 12.3 Å². The quantitative estimate of drug-likeness (QED) is 0.521. The van der Waals surface area contributed by atoms with Crippen LogP contribution in [-0.2, 0) is 30.1 Å². The van der Waals surface area contributed by atoms with Crippen LogP contribution in [0.2, 0.25) is 18.1 Å². The standard InChI is InChI=1S/C27H40N4O6Si/c1-18(32)28-23-13-14-30(26(33)29-23)24-15-21(31(36-24)16-20-11-9-8-10-12-20)25-22(17-34-19(2)35-25)37-38(6,7)27(3,4)5/h8-14,19,21-22,24-25H,15-17H2,1-7H3,(H,28,29,32,33)/t19-,21+,22+,24-,25+/m0/s1. The van der Waals surface area contributed by atoms with Crippen molar-refractivity contribution in [1.82, 2.24) is 14.6 Å². The minimum atomic E-state index is -2.13. The van der Waals surface area contributed by atoms with Crippen LogP contribution >= 0.6 is 0 Å². The van der Waals surface area contributed by atoms with E-state index in [1.165, 1.54) is 11.5 Å². The first-order valence-corrected chi connectivity index (χ1v) is 16.0. The summed E-state index contributed by atoms with van der Waals surface area (Å²) in [6.45, 7) is 15.3. The van der Waals surface area contributed by atoms with Gasteiger partial charge in [-0.1, -0.05) is 51.1 Å². The van der Waals surface area contributed by atoms with Gasteiger partial charge in [-0.2, -0.15) is 10.0 Å². The maximum absolute atomic E-state index is 12.9. The highest BCUT2D eigenvalue weighted by molar-refractivity contribution is 6.74. The Labute approximate surface area is 225 Å². The minimum absolute atomic E-state index is 0.0215. The van der Waals surface area contributed by atoms with Gasteiger partial charge in [-0.05, 0) is 36.7 Å². The normalized spacial score (nSPS) is 26.9. The summed E-state index contributed by atoms with van der Waals surface area (Å²) in [5, 5.41) is 4.47. The Morgan fingerprint density at radius 3 is 2.55 bits per heavy atom. The number of carbonyl (C=O) groups is 1. The number of benzene rings is 1. The maximum Gasteiger partial charge on any atom is 0.351 e. The van der Waals surface area contributed by atoms with Crippen LogP contribution in [0.15, 0.2) is 47.4 Å². The van der Waals surface area contributed by atoms with Crippen LogP contribution in [0.1, 0.15) is 52.8 Å². The summed E-state index contributed by atoms with van der Waals surface area (Å²) in [5.41, 5.74) is 0.573. The van der Waals surface area contributed by atoms with Crippen molar-refractivity contribution in [3.05, 3.63) is 58.6 Å². The van der Waals surface area contributed by atoms with Crippen LogP contribution in [0.25, 0.3) is 0 Å². The van der Waals surface area contributed by atoms with Gasteiger partial charge in [0.25, 0.3) is 0 Å². The zero-order valence-electron chi connectivity index (χ0n) is 23.3. The van der Waals surface area contributed by atoms with Crippen LogP contribution in [0.3, 0.4) is 0 Å². The van der Waals surface area contributed by atoms with Crippen LogP contribution in [0.4, 0.5) is 5.82 Å². The second-order valence-corrected chi connectivity index (χ2v) is 16.3. The number of carbonyl (C=O) groups excluding carboxylic acids is 1. The zero-order valence-corrected chi connectivity index (χ0v) is 24.3. The molecule has 0 radical (unpaired) electrons. The molecule has 0 spiro atoms. The Morgan fingerprint density at radius 1 is 1.21 bits per heavy atom. The maximum atomic E-state index is 12.9. The van der Waals surface area contributed by atoms with Crippen molar-refractivity contribution in [3.63, 3.8) is 0 Å². The van der Waals surface area contributed by atoms with Crippen LogP contribution in [0.5, 0.6) is 0 Å². The molecule has 2 aromatic rings. The first kappa shape index (κ1) is 28.6. The van der Waals surface area contributed by atoms with E-state index in [9.17, 15) is 9.59 Å². The van der Waals surface area contributed by atoms with Gasteiger partial charge in [0, 0.05) is 26.1 Å². The van der Waals surface area contributed by atoms with Crippen molar-refractivity contribution in [2.45, 2.75) is 96.5 Å². The third-order valence-corrected chi connectivity index (χ3v) is 12.0. The fraction of sp³-hybridized carbons (Fsp3) is 0.593. The summed E-state index contributed by atoms with van der Waals surface area (Å²) in [6, 6.07) is 11.4. The Bertz CT molecular complexity index is 1170. The van der Waals surface area contributed by atoms with Crippen LogP contribution < -0.4 is 11.0 Å². The van der Waals surface area contributed by atoms with Gasteiger partial charge in [0.1, 0.15) is 11.9 Å². The van der Waals surface area contributed by atoms with E-state index in [0.717, 1.165) is 5.56 Å². The summed E-state index contributed by atoms with van der Waals surface area (Å²) in [7, 11) is -2.13. The largest absolute Gasteiger partial charge is 0.409 e. The summed E-state index contributed by atoms with van der Waals surface area (Å²) in [6.07, 6.45) is 0.496. The third kappa shape index (κ3) is 6.59. The van der Waals surface area contributed by atoms with E-state index >= 15 is 0 Å². The summed E-state index contributed by atoms with van der Waals surface area (Å²) in [5.74, 6) is -0.0849. The molecule has 1 amide bonds. The monoisotopic (exact) mass is 544 g/mol. The van der Waals surface area contributed by atoms with Crippen molar-refractivity contribution >= 4 is 20.0 Å². The highest BCUT2D eigenvalue weighted by Gasteiger charge is 2.49. The fourth-order valence-corrected chi connectivity index (χ4v) is 5.84. The van der Waals surface area contributed by atoms with E-state index in [2.05, 4.69) is 44.2 Å². The van der Waals surface area contributed by atoms with Gasteiger partial charge < -0.3 is 19.2 Å². The SMILES string of the molecule is CC(=O)Nc1ccn([C@@H]2C[C@H]([C@H]3O[C@@H](C)OC[C@H]3O[Si](C)(C)C(C)(C)C)N(Cc3ccccc3)O2)c(=O)n1. The second-order valence-electron chi connectivity index (χ2n) is 11.5. The number of amides is 1. The van der Waals surface area contributed by atoms with Gasteiger partial charge in [0.2, 0.25) is 5.91 Å². The molecule has 2 aliphatic rings. The molecule has 38 heavy (non-hydrogen) atoms. The molecular weight excluding hydrogens is 504 g/mol. The van der Waals surface area contributed by atoms with E-state index in [1.807, 2.05) is 42.3 Å². The lowest BCUT2D eigenvalue weighted by atomic mass is 10.0. The molecule has 5 atom stereocenters. The van der Waals surface area contributed by atoms with Gasteiger partial charge in [-0.15, -0.1) is 0 Å². The van der Waals surface area contributed by atoms with Gasteiger partial charge in [-0.3, -0.25) is 14.2 Å². The lowest BCUT2D eigenvalue weighted by Gasteiger charge is -2.45. The number of nitrogens with one attached hydrogen (secondary N) is 1. The van der Waals surface area contributed by atoms with E-state index in [-0.39, 0.29) is 35.0 Å². The molecule has 4 rings (SSSR count). The first-order valence-electron chi connectivity index (χ1n) is 13.1. The van der Waals surface area contributed by atoms with E-state index < -0.39 is 26.5 Å². The molecule has 2 fully saturated rings. The predicted octanol–water partition coefficient (Wildman–Crippen LogP) is 4.06. The number of aromatic nitrogens is 2. The zero-order chi connectivity index (χ0) is 27.7. The summed E-state index contributed by atoms with van der Waals surface area (Å²) < 4.78 is 20.5. The lowest BCUT2D eigenvalue weighted by molar-refractivity contribution is -0.274. The Hall–Kier alpha value is -2.41. The van der Waals surface area contributed by atoms with Gasteiger partial charge in [0.15, 0.2) is 20.8 Å². The van der Waals surface area contributed by atoms with Crippen LogP contribution in [0, 0.1) is 0 Å². The molecule has 10 nitrogen and oxygen atoms in total. The van der Waals surface area contributed by atoms with Crippen molar-refractivity contribution in [1.29, 1.82) is 0 Å². The topological polar surface area (TPSA) is 104 Å². The molecule has 208 valence electrons. The smallest absolute Gasteiger partial charge is 0.351 e. The summed E-state index contributed by atoms with van der Waals surface area (Å²) >= 11 is 0. The van der Waals surface area contributed by atoms with Crippen molar-refractivity contribution in [3.8, 4) is 0 Å². The average molecular weight is 545 g/mol. The number of anilines is 1. The van der Waals surface area contributed by atoms with E-state index in [4.69, 9.17) is 18.7 Å². The minimum Gasteiger partial charge on any atom is -0.409 e. The molecule has 2 saturated heterocycles. The molecule has 2 aliphatic heterocycles. The molecule has 11 heteroatoms. The number of nitrogens with zero attached hydrogens (tertiary/aromatic N) is 3. The molecule has 1 aromatic carbocycles. The fourth-order valence-electron chi connectivity index (χ4n) is 4.53. The number of hydrogen-bond acceptors (Lipinski definition) is 8. The predicted molar refractivity (Wildman–Crippen MR) is 146 cm³/mol. The molecule has 1 aromatic heterocycles. The highest BCUT2D eigenvalue weighted by atomic mass is 28.4. The second kappa shape index (κ2) is 11.4.